The van der Waals surface area contributed by atoms with Crippen molar-refractivity contribution in [3.63, 3.8) is 0 Å². The van der Waals surface area contributed by atoms with Crippen molar-refractivity contribution < 1.29 is 4.79 Å². The maximum absolute atomic E-state index is 13.1. The van der Waals surface area contributed by atoms with Crippen LogP contribution in [0.1, 0.15) is 40.6 Å². The Hall–Kier alpha value is -2.41. The van der Waals surface area contributed by atoms with E-state index in [0.717, 1.165) is 29.8 Å². The number of carbonyl (C=O) groups is 1. The van der Waals surface area contributed by atoms with Gasteiger partial charge in [-0.25, -0.2) is 4.98 Å². The van der Waals surface area contributed by atoms with Crippen molar-refractivity contribution in [2.45, 2.75) is 45.2 Å². The molecule has 1 aliphatic rings. The largest absolute Gasteiger partial charge is 0.348 e. The van der Waals surface area contributed by atoms with Crippen molar-refractivity contribution in [1.29, 1.82) is 0 Å². The summed E-state index contributed by atoms with van der Waals surface area (Å²) in [6.07, 6.45) is 11.6. The number of nitrogens with zero attached hydrogens (tertiary/aromatic N) is 4. The molecule has 0 spiro atoms. The maximum Gasteiger partial charge on any atom is 0.254 e. The third kappa shape index (κ3) is 3.24. The Morgan fingerprint density at radius 2 is 2.12 bits per heavy atom. The quantitative estimate of drug-likeness (QED) is 0.765. The number of hydrogen-bond acceptors (Lipinski definition) is 4. The van der Waals surface area contributed by atoms with Crippen LogP contribution in [0.4, 0.5) is 0 Å². The summed E-state index contributed by atoms with van der Waals surface area (Å²) in [5.74, 6) is 0.00992. The van der Waals surface area contributed by atoms with Crippen LogP contribution in [0.5, 0.6) is 0 Å². The Kier molecular flexibility index (Phi) is 4.40. The molecule has 1 amide bonds. The molecule has 130 valence electrons. The molecule has 7 heteroatoms. The number of hydrogen-bond donors (Lipinski definition) is 1. The molecule has 25 heavy (non-hydrogen) atoms. The van der Waals surface area contributed by atoms with Gasteiger partial charge >= 0.3 is 0 Å². The van der Waals surface area contributed by atoms with E-state index in [4.69, 9.17) is 0 Å². The number of nitrogens with one attached hydrogen (secondary N) is 1. The fourth-order valence-electron chi connectivity index (χ4n) is 3.39. The van der Waals surface area contributed by atoms with Gasteiger partial charge in [-0.3, -0.25) is 9.48 Å². The van der Waals surface area contributed by atoms with Gasteiger partial charge in [0, 0.05) is 23.3 Å². The van der Waals surface area contributed by atoms with Gasteiger partial charge in [0.15, 0.2) is 0 Å². The summed E-state index contributed by atoms with van der Waals surface area (Å²) >= 11 is 1.76. The van der Waals surface area contributed by atoms with Crippen LogP contribution in [0.2, 0.25) is 0 Å². The number of fused-ring (bicyclic) bond motifs is 1. The Balaban J connectivity index is 1.61. The molecule has 1 N–H and O–H groups in total. The van der Waals surface area contributed by atoms with Crippen molar-refractivity contribution in [2.24, 2.45) is 0 Å². The predicted molar refractivity (Wildman–Crippen MR) is 97.2 cm³/mol. The molecule has 0 aliphatic heterocycles. The lowest BCUT2D eigenvalue weighted by molar-refractivity contribution is 0.0935. The number of aromatic nitrogens is 4. The first kappa shape index (κ1) is 16.1. The van der Waals surface area contributed by atoms with Crippen LogP contribution in [0, 0.1) is 0 Å². The Morgan fingerprint density at radius 1 is 1.32 bits per heavy atom. The van der Waals surface area contributed by atoms with Gasteiger partial charge in [0.2, 0.25) is 0 Å². The first-order valence-electron chi connectivity index (χ1n) is 8.63. The number of carbonyl (C=O) groups excluding carboxylic acids is 1. The third-order valence-corrected chi connectivity index (χ3v) is 5.83. The molecule has 1 unspecified atom stereocenters. The van der Waals surface area contributed by atoms with Crippen LogP contribution < -0.4 is 5.32 Å². The van der Waals surface area contributed by atoms with E-state index in [1.54, 1.807) is 22.3 Å². The fourth-order valence-corrected chi connectivity index (χ4v) is 4.74. The van der Waals surface area contributed by atoms with Gasteiger partial charge in [-0.15, -0.1) is 11.3 Å². The minimum Gasteiger partial charge on any atom is -0.348 e. The summed E-state index contributed by atoms with van der Waals surface area (Å²) in [5, 5.41) is 8.28. The number of amides is 1. The van der Waals surface area contributed by atoms with Crippen LogP contribution in [-0.2, 0) is 19.4 Å². The number of aryl methyl sites for hydroxylation is 1. The second kappa shape index (κ2) is 6.84. The van der Waals surface area contributed by atoms with Gasteiger partial charge in [-0.2, -0.15) is 5.10 Å². The fraction of sp³-hybridized carbons (Fsp3) is 0.389. The van der Waals surface area contributed by atoms with Crippen molar-refractivity contribution in [1.82, 2.24) is 24.6 Å². The summed E-state index contributed by atoms with van der Waals surface area (Å²) in [6, 6.07) is 3.97. The molecule has 1 atom stereocenters. The van der Waals surface area contributed by atoms with E-state index in [-0.39, 0.29) is 11.9 Å². The molecular formula is C18H21N5OS. The average Bonchev–Trinajstić information content (AvgIpc) is 3.34. The SMILES string of the molecule is CC(Cn1cncn1)NC(=O)c1c(-n2cccc2)sc2c1CCCC2. The summed E-state index contributed by atoms with van der Waals surface area (Å²) in [5.41, 5.74) is 2.09. The highest BCUT2D eigenvalue weighted by atomic mass is 32.1. The third-order valence-electron chi connectivity index (χ3n) is 4.52. The van der Waals surface area contributed by atoms with E-state index in [9.17, 15) is 4.79 Å². The number of rotatable bonds is 5. The van der Waals surface area contributed by atoms with Crippen LogP contribution in [0.15, 0.2) is 37.2 Å². The van der Waals surface area contributed by atoms with E-state index in [1.165, 1.54) is 23.2 Å². The summed E-state index contributed by atoms with van der Waals surface area (Å²) < 4.78 is 3.79. The zero-order valence-corrected chi connectivity index (χ0v) is 15.0. The number of thiophene rings is 1. The van der Waals surface area contributed by atoms with E-state index < -0.39 is 0 Å². The molecule has 0 saturated heterocycles. The van der Waals surface area contributed by atoms with Crippen LogP contribution >= 0.6 is 11.3 Å². The molecule has 0 aromatic carbocycles. The molecule has 3 aromatic heterocycles. The van der Waals surface area contributed by atoms with Gasteiger partial charge in [0.1, 0.15) is 17.7 Å². The molecule has 3 aromatic rings. The van der Waals surface area contributed by atoms with Gasteiger partial charge in [0.05, 0.1) is 12.1 Å². The van der Waals surface area contributed by atoms with Gasteiger partial charge < -0.3 is 9.88 Å². The van der Waals surface area contributed by atoms with Gasteiger partial charge in [0.25, 0.3) is 5.91 Å². The average molecular weight is 355 g/mol. The summed E-state index contributed by atoms with van der Waals surface area (Å²) in [7, 11) is 0. The predicted octanol–water partition coefficient (Wildman–Crippen LogP) is 2.83. The molecule has 1 aliphatic carbocycles. The lowest BCUT2D eigenvalue weighted by Crippen LogP contribution is -2.36. The van der Waals surface area contributed by atoms with Crippen molar-refractivity contribution in [2.75, 3.05) is 0 Å². The zero-order chi connectivity index (χ0) is 17.2. The second-order valence-electron chi connectivity index (χ2n) is 6.47. The topological polar surface area (TPSA) is 64.7 Å². The highest BCUT2D eigenvalue weighted by Gasteiger charge is 2.26. The Bertz CT molecular complexity index is 851. The van der Waals surface area contributed by atoms with Crippen molar-refractivity contribution in [3.8, 4) is 5.00 Å². The van der Waals surface area contributed by atoms with E-state index in [2.05, 4.69) is 20.0 Å². The minimum atomic E-state index is -0.0224. The van der Waals surface area contributed by atoms with Crippen LogP contribution in [-0.4, -0.2) is 31.3 Å². The Morgan fingerprint density at radius 3 is 2.88 bits per heavy atom. The normalized spacial score (nSPS) is 14.9. The standard InChI is InChI=1S/C18H21N5OS/c1-13(10-23-12-19-11-20-23)21-17(24)16-14-6-2-3-7-15(14)25-18(16)22-8-4-5-9-22/h4-5,8-9,11-13H,2-3,6-7,10H2,1H3,(H,21,24). The summed E-state index contributed by atoms with van der Waals surface area (Å²) in [4.78, 5) is 18.4. The minimum absolute atomic E-state index is 0.00992. The molecule has 4 rings (SSSR count). The smallest absolute Gasteiger partial charge is 0.254 e. The van der Waals surface area contributed by atoms with Crippen LogP contribution in [0.3, 0.4) is 0 Å². The molecule has 6 nitrogen and oxygen atoms in total. The molecule has 0 fully saturated rings. The molecule has 0 radical (unpaired) electrons. The molecule has 0 saturated carbocycles. The maximum atomic E-state index is 13.1. The molecule has 0 bridgehead atoms. The van der Waals surface area contributed by atoms with Gasteiger partial charge in [-0.05, 0) is 50.3 Å². The van der Waals surface area contributed by atoms with Gasteiger partial charge in [-0.1, -0.05) is 0 Å². The van der Waals surface area contributed by atoms with E-state index >= 15 is 0 Å². The first-order valence-corrected chi connectivity index (χ1v) is 9.45. The molecule has 3 heterocycles. The molecular weight excluding hydrogens is 334 g/mol. The van der Waals surface area contributed by atoms with Crippen LogP contribution in [0.25, 0.3) is 5.00 Å². The monoisotopic (exact) mass is 355 g/mol. The summed E-state index contributed by atoms with van der Waals surface area (Å²) in [6.45, 7) is 2.60. The highest BCUT2D eigenvalue weighted by molar-refractivity contribution is 7.15. The first-order chi connectivity index (χ1) is 12.2. The van der Waals surface area contributed by atoms with Crippen molar-refractivity contribution in [3.05, 3.63) is 53.2 Å². The van der Waals surface area contributed by atoms with E-state index in [0.29, 0.717) is 6.54 Å². The zero-order valence-electron chi connectivity index (χ0n) is 14.2. The highest BCUT2D eigenvalue weighted by Crippen LogP contribution is 2.36. The van der Waals surface area contributed by atoms with E-state index in [1.807, 2.05) is 31.5 Å². The lowest BCUT2D eigenvalue weighted by Gasteiger charge is -2.17. The lowest BCUT2D eigenvalue weighted by atomic mass is 9.95. The second-order valence-corrected chi connectivity index (χ2v) is 7.56. The van der Waals surface area contributed by atoms with Crippen molar-refractivity contribution >= 4 is 17.2 Å². The Labute approximate surface area is 150 Å².